The Kier molecular flexibility index (Phi) is 9.73. The van der Waals surface area contributed by atoms with Crippen LogP contribution in [0.1, 0.15) is 18.4 Å². The molecule has 4 heteroatoms. The average molecular weight is 289 g/mol. The number of hydrogen-bond acceptors (Lipinski definition) is 2. The Balaban J connectivity index is 0. The minimum Gasteiger partial charge on any atom is -0.399 e. The van der Waals surface area contributed by atoms with E-state index in [0.29, 0.717) is 6.54 Å². The number of anilines is 1. The molecule has 0 saturated carbocycles. The van der Waals surface area contributed by atoms with Crippen LogP contribution in [0.2, 0.25) is 0 Å². The number of benzene rings is 1. The van der Waals surface area contributed by atoms with Gasteiger partial charge in [0.25, 0.3) is 0 Å². The van der Waals surface area contributed by atoms with Gasteiger partial charge in [0.1, 0.15) is 0 Å². The Morgan fingerprint density at radius 2 is 1.67 bits per heavy atom. The van der Waals surface area contributed by atoms with E-state index >= 15 is 0 Å². The quantitative estimate of drug-likeness (QED) is 0.622. The molecule has 1 aromatic rings. The second-order valence-electron chi connectivity index (χ2n) is 4.01. The van der Waals surface area contributed by atoms with Crippen molar-refractivity contribution in [1.82, 2.24) is 0 Å². The average Bonchev–Trinajstić information content (AvgIpc) is 2.29. The van der Waals surface area contributed by atoms with Crippen molar-refractivity contribution in [1.29, 1.82) is 0 Å². The predicted octanol–water partition coefficient (Wildman–Crippen LogP) is 3.46. The summed E-state index contributed by atoms with van der Waals surface area (Å²) in [5, 5.41) is 0. The number of nitrogen functional groups attached to an aromatic ring is 1. The Labute approximate surface area is 122 Å². The Morgan fingerprint density at radius 3 is 2.06 bits per heavy atom. The van der Waals surface area contributed by atoms with Crippen LogP contribution >= 0.6 is 24.8 Å². The number of nitrogens with two attached hydrogens (primary N) is 2. The zero-order valence-corrected chi connectivity index (χ0v) is 12.1. The first-order valence-corrected chi connectivity index (χ1v) is 5.49. The van der Waals surface area contributed by atoms with Crippen LogP contribution in [-0.4, -0.2) is 6.54 Å². The van der Waals surface area contributed by atoms with Crippen molar-refractivity contribution < 1.29 is 0 Å². The summed E-state index contributed by atoms with van der Waals surface area (Å²) in [6.07, 6.45) is 5.59. The van der Waals surface area contributed by atoms with Gasteiger partial charge in [-0.1, -0.05) is 24.3 Å². The molecule has 1 rings (SSSR count). The molecule has 102 valence electrons. The predicted molar refractivity (Wildman–Crippen MR) is 85.7 cm³/mol. The standard InChI is InChI=1S/C14H20N2.2ClH/c1-3-9-14(4-2,10-11-15)12-5-7-13(16)8-6-12;;/h3-8H,1-2,9-11,15-16H2;2*1H. The summed E-state index contributed by atoms with van der Waals surface area (Å²) in [6.45, 7) is 8.37. The first-order valence-electron chi connectivity index (χ1n) is 5.49. The van der Waals surface area contributed by atoms with E-state index in [1.165, 1.54) is 5.56 Å². The molecule has 0 aromatic heterocycles. The van der Waals surface area contributed by atoms with Gasteiger partial charge in [-0.3, -0.25) is 0 Å². The number of rotatable bonds is 6. The number of allylic oxidation sites excluding steroid dienone is 2. The van der Waals surface area contributed by atoms with E-state index in [0.717, 1.165) is 18.5 Å². The van der Waals surface area contributed by atoms with Crippen LogP contribution in [0.25, 0.3) is 0 Å². The van der Waals surface area contributed by atoms with Crippen LogP contribution in [-0.2, 0) is 5.41 Å². The molecular weight excluding hydrogens is 267 g/mol. The first-order chi connectivity index (χ1) is 7.68. The van der Waals surface area contributed by atoms with Crippen molar-refractivity contribution in [3.05, 3.63) is 55.1 Å². The third-order valence-corrected chi connectivity index (χ3v) is 2.98. The third kappa shape index (κ3) is 4.37. The molecule has 0 fully saturated rings. The van der Waals surface area contributed by atoms with Gasteiger partial charge < -0.3 is 11.5 Å². The lowest BCUT2D eigenvalue weighted by atomic mass is 9.75. The van der Waals surface area contributed by atoms with Gasteiger partial charge >= 0.3 is 0 Å². The highest BCUT2D eigenvalue weighted by Gasteiger charge is 2.26. The van der Waals surface area contributed by atoms with Gasteiger partial charge in [-0.25, -0.2) is 0 Å². The van der Waals surface area contributed by atoms with Gasteiger partial charge in [0.05, 0.1) is 0 Å². The Bertz CT molecular complexity index is 363. The van der Waals surface area contributed by atoms with Crippen LogP contribution in [0.3, 0.4) is 0 Å². The van der Waals surface area contributed by atoms with E-state index in [9.17, 15) is 0 Å². The van der Waals surface area contributed by atoms with Crippen molar-refractivity contribution in [2.45, 2.75) is 18.3 Å². The molecule has 0 spiro atoms. The van der Waals surface area contributed by atoms with E-state index < -0.39 is 0 Å². The van der Waals surface area contributed by atoms with E-state index in [1.54, 1.807) is 0 Å². The summed E-state index contributed by atoms with van der Waals surface area (Å²) in [6, 6.07) is 7.90. The molecule has 0 saturated heterocycles. The first kappa shape index (κ1) is 19.4. The molecule has 1 unspecified atom stereocenters. The van der Waals surface area contributed by atoms with Crippen molar-refractivity contribution in [2.75, 3.05) is 12.3 Å². The lowest BCUT2D eigenvalue weighted by Crippen LogP contribution is -2.26. The highest BCUT2D eigenvalue weighted by molar-refractivity contribution is 5.85. The van der Waals surface area contributed by atoms with Gasteiger partial charge in [-0.05, 0) is 37.1 Å². The monoisotopic (exact) mass is 288 g/mol. The Hall–Kier alpha value is -0.960. The van der Waals surface area contributed by atoms with Crippen LogP contribution in [0.5, 0.6) is 0 Å². The largest absolute Gasteiger partial charge is 0.399 e. The normalized spacial score (nSPS) is 12.5. The molecule has 1 aromatic carbocycles. The summed E-state index contributed by atoms with van der Waals surface area (Å²) >= 11 is 0. The summed E-state index contributed by atoms with van der Waals surface area (Å²) in [5.41, 5.74) is 13.2. The highest BCUT2D eigenvalue weighted by atomic mass is 35.5. The topological polar surface area (TPSA) is 52.0 Å². The maximum Gasteiger partial charge on any atom is 0.0314 e. The fraction of sp³-hybridized carbons (Fsp3) is 0.286. The van der Waals surface area contributed by atoms with E-state index in [-0.39, 0.29) is 30.2 Å². The van der Waals surface area contributed by atoms with E-state index in [4.69, 9.17) is 11.5 Å². The summed E-state index contributed by atoms with van der Waals surface area (Å²) < 4.78 is 0. The summed E-state index contributed by atoms with van der Waals surface area (Å²) in [4.78, 5) is 0. The third-order valence-electron chi connectivity index (χ3n) is 2.98. The number of halogens is 2. The van der Waals surface area contributed by atoms with Gasteiger partial charge in [-0.15, -0.1) is 38.0 Å². The molecule has 4 N–H and O–H groups in total. The molecule has 1 atom stereocenters. The van der Waals surface area contributed by atoms with Crippen molar-refractivity contribution in [2.24, 2.45) is 5.73 Å². The van der Waals surface area contributed by atoms with Crippen LogP contribution in [0.4, 0.5) is 5.69 Å². The molecule has 0 aliphatic heterocycles. The molecule has 0 aliphatic rings. The van der Waals surface area contributed by atoms with Crippen LogP contribution < -0.4 is 11.5 Å². The molecular formula is C14H22Cl2N2. The van der Waals surface area contributed by atoms with Gasteiger partial charge in [0, 0.05) is 11.1 Å². The second kappa shape index (κ2) is 9.03. The zero-order chi connectivity index (χ0) is 12.0. The molecule has 18 heavy (non-hydrogen) atoms. The molecule has 0 heterocycles. The smallest absolute Gasteiger partial charge is 0.0314 e. The molecule has 0 radical (unpaired) electrons. The molecule has 0 aliphatic carbocycles. The Morgan fingerprint density at radius 1 is 1.11 bits per heavy atom. The van der Waals surface area contributed by atoms with E-state index in [1.807, 2.05) is 36.4 Å². The van der Waals surface area contributed by atoms with E-state index in [2.05, 4.69) is 13.2 Å². The lowest BCUT2D eigenvalue weighted by molar-refractivity contribution is 0.505. The minimum absolute atomic E-state index is 0. The maximum absolute atomic E-state index is 5.69. The van der Waals surface area contributed by atoms with Crippen LogP contribution in [0.15, 0.2) is 49.6 Å². The molecule has 0 amide bonds. The van der Waals surface area contributed by atoms with Gasteiger partial charge in [-0.2, -0.15) is 0 Å². The number of hydrogen-bond donors (Lipinski definition) is 2. The molecule has 2 nitrogen and oxygen atoms in total. The lowest BCUT2D eigenvalue weighted by Gasteiger charge is -2.29. The van der Waals surface area contributed by atoms with Crippen molar-refractivity contribution >= 4 is 30.5 Å². The van der Waals surface area contributed by atoms with Gasteiger partial charge in [0.2, 0.25) is 0 Å². The highest BCUT2D eigenvalue weighted by Crippen LogP contribution is 2.33. The minimum atomic E-state index is -0.107. The fourth-order valence-corrected chi connectivity index (χ4v) is 2.00. The zero-order valence-electron chi connectivity index (χ0n) is 10.5. The SMILES string of the molecule is C=CCC(C=C)(CCN)c1ccc(N)cc1.Cl.Cl. The van der Waals surface area contributed by atoms with Crippen LogP contribution in [0, 0.1) is 0 Å². The summed E-state index contributed by atoms with van der Waals surface area (Å²) in [7, 11) is 0. The van der Waals surface area contributed by atoms with Gasteiger partial charge in [0.15, 0.2) is 0 Å². The van der Waals surface area contributed by atoms with Crippen molar-refractivity contribution in [3.63, 3.8) is 0 Å². The summed E-state index contributed by atoms with van der Waals surface area (Å²) in [5.74, 6) is 0. The maximum atomic E-state index is 5.69. The molecule has 0 bridgehead atoms. The van der Waals surface area contributed by atoms with Crippen molar-refractivity contribution in [3.8, 4) is 0 Å². The second-order valence-corrected chi connectivity index (χ2v) is 4.01. The fourth-order valence-electron chi connectivity index (χ4n) is 2.00.